The zero-order chi connectivity index (χ0) is 17.4. The fourth-order valence-corrected chi connectivity index (χ4v) is 4.18. The van der Waals surface area contributed by atoms with Crippen molar-refractivity contribution in [1.29, 1.82) is 0 Å². The van der Waals surface area contributed by atoms with Gasteiger partial charge >= 0.3 is 0 Å². The van der Waals surface area contributed by atoms with Crippen molar-refractivity contribution in [2.75, 3.05) is 19.8 Å². The molecule has 1 aromatic carbocycles. The fraction of sp³-hybridized carbons (Fsp3) is 0.286. The maximum Gasteiger partial charge on any atom is 0.274 e. The summed E-state index contributed by atoms with van der Waals surface area (Å²) < 4.78 is 25.2. The molecule has 1 N–H and O–H groups in total. The van der Waals surface area contributed by atoms with Crippen LogP contribution >= 0.6 is 23.2 Å². The predicted octanol–water partition coefficient (Wildman–Crippen LogP) is 2.01. The quantitative estimate of drug-likeness (QED) is 0.816. The summed E-state index contributed by atoms with van der Waals surface area (Å²) in [7, 11) is -0.326. The average Bonchev–Trinajstić information content (AvgIpc) is 2.74. The zero-order valence-electron chi connectivity index (χ0n) is 12.7. The standard InChI is InChI=1S/C14H15Cl2N3O3S/c1-8-4-13(11(16)5-10(8)15)23(21,22)7-12-9(6-19(2)3)14(20)18-17-12/h4-6H,7H2,1-3H3,(H,18,20)/b9-6+. The average molecular weight is 376 g/mol. The minimum atomic E-state index is -3.78. The van der Waals surface area contributed by atoms with E-state index >= 15 is 0 Å². The van der Waals surface area contributed by atoms with Crippen molar-refractivity contribution >= 4 is 44.7 Å². The van der Waals surface area contributed by atoms with E-state index in [0.29, 0.717) is 10.6 Å². The first-order valence-electron chi connectivity index (χ1n) is 6.55. The molecule has 23 heavy (non-hydrogen) atoms. The first-order chi connectivity index (χ1) is 10.6. The Morgan fingerprint density at radius 2 is 1.91 bits per heavy atom. The van der Waals surface area contributed by atoms with Crippen molar-refractivity contribution in [2.24, 2.45) is 5.10 Å². The highest BCUT2D eigenvalue weighted by Gasteiger charge is 2.29. The van der Waals surface area contributed by atoms with E-state index in [-0.39, 0.29) is 21.2 Å². The lowest BCUT2D eigenvalue weighted by molar-refractivity contribution is -0.116. The molecule has 0 aliphatic carbocycles. The molecule has 0 bridgehead atoms. The van der Waals surface area contributed by atoms with E-state index in [1.54, 1.807) is 25.9 Å². The van der Waals surface area contributed by atoms with Gasteiger partial charge in [0.15, 0.2) is 9.84 Å². The number of hydrogen-bond donors (Lipinski definition) is 1. The lowest BCUT2D eigenvalue weighted by Crippen LogP contribution is -2.21. The number of halogens is 2. The Labute approximate surface area is 144 Å². The molecular formula is C14H15Cl2N3O3S. The van der Waals surface area contributed by atoms with Gasteiger partial charge < -0.3 is 4.90 Å². The Kier molecular flexibility index (Phi) is 5.03. The number of rotatable bonds is 4. The second-order valence-corrected chi connectivity index (χ2v) is 8.07. The summed E-state index contributed by atoms with van der Waals surface area (Å²) in [6, 6.07) is 2.81. The molecule has 0 atom stereocenters. The second-order valence-electron chi connectivity index (χ2n) is 5.30. The van der Waals surface area contributed by atoms with Crippen molar-refractivity contribution in [2.45, 2.75) is 11.8 Å². The van der Waals surface area contributed by atoms with Crippen LogP contribution in [0.5, 0.6) is 0 Å². The highest BCUT2D eigenvalue weighted by Crippen LogP contribution is 2.29. The van der Waals surface area contributed by atoms with Crippen molar-refractivity contribution in [1.82, 2.24) is 10.3 Å². The number of sulfone groups is 1. The van der Waals surface area contributed by atoms with Crippen LogP contribution in [0.15, 0.2) is 33.9 Å². The topological polar surface area (TPSA) is 78.8 Å². The normalized spacial score (nSPS) is 16.5. The molecule has 9 heteroatoms. The summed E-state index contributed by atoms with van der Waals surface area (Å²) in [6.07, 6.45) is 1.52. The van der Waals surface area contributed by atoms with E-state index in [4.69, 9.17) is 23.2 Å². The molecule has 124 valence electrons. The van der Waals surface area contributed by atoms with Gasteiger partial charge in [-0.3, -0.25) is 4.79 Å². The number of aryl methyl sites for hydroxylation is 1. The maximum absolute atomic E-state index is 12.6. The Morgan fingerprint density at radius 1 is 1.26 bits per heavy atom. The molecule has 0 unspecified atom stereocenters. The van der Waals surface area contributed by atoms with E-state index in [1.165, 1.54) is 18.3 Å². The van der Waals surface area contributed by atoms with E-state index in [1.807, 2.05) is 0 Å². The van der Waals surface area contributed by atoms with Gasteiger partial charge in [0.1, 0.15) is 0 Å². The Hall–Kier alpha value is -1.57. The Balaban J connectivity index is 2.39. The minimum absolute atomic E-state index is 0.0349. The van der Waals surface area contributed by atoms with Crippen molar-refractivity contribution in [3.05, 3.63) is 39.5 Å². The number of hydrazone groups is 1. The summed E-state index contributed by atoms with van der Waals surface area (Å²) in [5, 5.41) is 4.23. The largest absolute Gasteiger partial charge is 0.383 e. The molecule has 0 fully saturated rings. The molecule has 0 radical (unpaired) electrons. The van der Waals surface area contributed by atoms with E-state index in [9.17, 15) is 13.2 Å². The van der Waals surface area contributed by atoms with Gasteiger partial charge in [-0.1, -0.05) is 23.2 Å². The summed E-state index contributed by atoms with van der Waals surface area (Å²) in [5.41, 5.74) is 3.22. The van der Waals surface area contributed by atoms with Gasteiger partial charge in [0.05, 0.1) is 27.0 Å². The molecule has 0 saturated heterocycles. The van der Waals surface area contributed by atoms with Gasteiger partial charge in [0.25, 0.3) is 5.91 Å². The van der Waals surface area contributed by atoms with Crippen LogP contribution in [0.25, 0.3) is 0 Å². The molecular weight excluding hydrogens is 361 g/mol. The van der Waals surface area contributed by atoms with Gasteiger partial charge in [-0.2, -0.15) is 5.10 Å². The molecule has 1 amide bonds. The third-order valence-corrected chi connectivity index (χ3v) is 5.60. The first kappa shape index (κ1) is 17.8. The monoisotopic (exact) mass is 375 g/mol. The Morgan fingerprint density at radius 3 is 2.52 bits per heavy atom. The molecule has 1 heterocycles. The number of hydrogen-bond acceptors (Lipinski definition) is 5. The summed E-state index contributed by atoms with van der Waals surface area (Å²) in [5.74, 6) is -0.881. The summed E-state index contributed by atoms with van der Waals surface area (Å²) in [6.45, 7) is 1.69. The molecule has 0 aromatic heterocycles. The van der Waals surface area contributed by atoms with Gasteiger partial charge in [-0.25, -0.2) is 13.8 Å². The molecule has 6 nitrogen and oxygen atoms in total. The lowest BCUT2D eigenvalue weighted by atomic mass is 10.2. The van der Waals surface area contributed by atoms with Crippen LogP contribution in [-0.2, 0) is 14.6 Å². The van der Waals surface area contributed by atoms with Crippen LogP contribution in [0.1, 0.15) is 5.56 Å². The minimum Gasteiger partial charge on any atom is -0.383 e. The van der Waals surface area contributed by atoms with Crippen LogP contribution < -0.4 is 5.43 Å². The van der Waals surface area contributed by atoms with Gasteiger partial charge in [0, 0.05) is 25.3 Å². The molecule has 1 aliphatic rings. The van der Waals surface area contributed by atoms with Gasteiger partial charge in [0.2, 0.25) is 0 Å². The highest BCUT2D eigenvalue weighted by atomic mass is 35.5. The highest BCUT2D eigenvalue weighted by molar-refractivity contribution is 7.92. The van der Waals surface area contributed by atoms with E-state index in [2.05, 4.69) is 10.5 Å². The zero-order valence-corrected chi connectivity index (χ0v) is 15.1. The van der Waals surface area contributed by atoms with Crippen molar-refractivity contribution < 1.29 is 13.2 Å². The van der Waals surface area contributed by atoms with Crippen LogP contribution in [0, 0.1) is 6.92 Å². The number of nitrogens with zero attached hydrogens (tertiary/aromatic N) is 2. The van der Waals surface area contributed by atoms with Crippen LogP contribution in [0.2, 0.25) is 10.0 Å². The van der Waals surface area contributed by atoms with Crippen molar-refractivity contribution in [3.8, 4) is 0 Å². The SMILES string of the molecule is Cc1cc(S(=O)(=O)CC2=NNC(=O)/C2=C/N(C)C)c(Cl)cc1Cl. The predicted molar refractivity (Wildman–Crippen MR) is 90.6 cm³/mol. The smallest absolute Gasteiger partial charge is 0.274 e. The first-order valence-corrected chi connectivity index (χ1v) is 8.96. The molecule has 1 aliphatic heterocycles. The van der Waals surface area contributed by atoms with Crippen LogP contribution in [0.3, 0.4) is 0 Å². The number of nitrogens with one attached hydrogen (secondary N) is 1. The number of benzene rings is 1. The van der Waals surface area contributed by atoms with Crippen LogP contribution in [-0.4, -0.2) is 44.8 Å². The number of amides is 1. The van der Waals surface area contributed by atoms with Gasteiger partial charge in [-0.15, -0.1) is 0 Å². The maximum atomic E-state index is 12.6. The van der Waals surface area contributed by atoms with Crippen LogP contribution in [0.4, 0.5) is 0 Å². The van der Waals surface area contributed by atoms with Gasteiger partial charge in [-0.05, 0) is 24.6 Å². The molecule has 2 rings (SSSR count). The Bertz CT molecular complexity index is 830. The van der Waals surface area contributed by atoms with E-state index in [0.717, 1.165) is 0 Å². The lowest BCUT2D eigenvalue weighted by Gasteiger charge is -2.10. The molecule has 1 aromatic rings. The second kappa shape index (κ2) is 6.51. The third-order valence-electron chi connectivity index (χ3n) is 3.11. The summed E-state index contributed by atoms with van der Waals surface area (Å²) >= 11 is 11.9. The molecule has 0 spiro atoms. The molecule has 0 saturated carbocycles. The van der Waals surface area contributed by atoms with E-state index < -0.39 is 21.5 Å². The van der Waals surface area contributed by atoms with Crippen molar-refractivity contribution in [3.63, 3.8) is 0 Å². The number of carbonyl (C=O) groups is 1. The summed E-state index contributed by atoms with van der Waals surface area (Å²) in [4.78, 5) is 13.4. The fourth-order valence-electron chi connectivity index (χ4n) is 2.00. The number of carbonyl (C=O) groups excluding carboxylic acids is 1. The third kappa shape index (κ3) is 3.85.